The summed E-state index contributed by atoms with van der Waals surface area (Å²) in [5, 5.41) is 9.68. The molecule has 32 heavy (non-hydrogen) atoms. The Labute approximate surface area is 189 Å². The molecule has 0 saturated heterocycles. The van der Waals surface area contributed by atoms with Gasteiger partial charge in [0.15, 0.2) is 0 Å². The van der Waals surface area contributed by atoms with Gasteiger partial charge in [0.2, 0.25) is 10.0 Å². The van der Waals surface area contributed by atoms with Gasteiger partial charge < -0.3 is 14.7 Å². The number of ether oxygens (including phenoxy) is 1. The highest BCUT2D eigenvalue weighted by atomic mass is 32.2. The normalized spacial score (nSPS) is 21.5. The molecule has 1 heterocycles. The van der Waals surface area contributed by atoms with Crippen molar-refractivity contribution in [2.24, 2.45) is 5.92 Å². The molecule has 3 rings (SSSR count). The Morgan fingerprint density at radius 1 is 1.22 bits per heavy atom. The summed E-state index contributed by atoms with van der Waals surface area (Å²) in [6.45, 7) is 4.19. The first-order valence-electron chi connectivity index (χ1n) is 10.5. The minimum absolute atomic E-state index is 0.0461. The topological polar surface area (TPSA) is 70.1 Å². The lowest BCUT2D eigenvalue weighted by Crippen LogP contribution is -2.49. The van der Waals surface area contributed by atoms with E-state index in [4.69, 9.17) is 4.74 Å². The highest BCUT2D eigenvalue weighted by Crippen LogP contribution is 2.34. The molecule has 0 saturated carbocycles. The van der Waals surface area contributed by atoms with Crippen LogP contribution in [0.2, 0.25) is 0 Å². The number of fused-ring (bicyclic) bond motifs is 1. The fraction of sp³-hybridized carbons (Fsp3) is 0.417. The lowest BCUT2D eigenvalue weighted by molar-refractivity contribution is 0.0812. The predicted octanol–water partition coefficient (Wildman–Crippen LogP) is 2.56. The lowest BCUT2D eigenvalue weighted by atomic mass is 10.0. The van der Waals surface area contributed by atoms with Crippen molar-refractivity contribution >= 4 is 10.0 Å². The molecule has 0 aromatic heterocycles. The van der Waals surface area contributed by atoms with Crippen molar-refractivity contribution in [2.75, 3.05) is 33.8 Å². The van der Waals surface area contributed by atoms with Gasteiger partial charge in [-0.2, -0.15) is 4.31 Å². The fourth-order valence-corrected chi connectivity index (χ4v) is 5.42. The molecule has 0 aliphatic carbocycles. The number of nitrogens with zero attached hydrogens (tertiary/aromatic N) is 2. The molecule has 1 aliphatic heterocycles. The van der Waals surface area contributed by atoms with Gasteiger partial charge in [-0.25, -0.2) is 12.8 Å². The second kappa shape index (κ2) is 10.0. The van der Waals surface area contributed by atoms with Crippen LogP contribution in [0.15, 0.2) is 47.4 Å². The number of hydrogen-bond acceptors (Lipinski definition) is 5. The number of benzene rings is 2. The number of likely N-dealkylation sites (N-methyl/N-ethyl adjacent to an activating group) is 1. The summed E-state index contributed by atoms with van der Waals surface area (Å²) in [6, 6.07) is 10.1. The number of aliphatic hydroxyl groups is 1. The maximum absolute atomic E-state index is 13.4. The van der Waals surface area contributed by atoms with Gasteiger partial charge in [0.25, 0.3) is 0 Å². The first kappa shape index (κ1) is 24.2. The second-order valence-corrected chi connectivity index (χ2v) is 10.3. The van der Waals surface area contributed by atoms with E-state index in [9.17, 15) is 17.9 Å². The average Bonchev–Trinajstić information content (AvgIpc) is 2.74. The maximum Gasteiger partial charge on any atom is 0.247 e. The van der Waals surface area contributed by atoms with E-state index in [-0.39, 0.29) is 41.6 Å². The van der Waals surface area contributed by atoms with Crippen LogP contribution >= 0.6 is 0 Å². The van der Waals surface area contributed by atoms with E-state index in [1.807, 2.05) is 25.9 Å². The smallest absolute Gasteiger partial charge is 0.247 e. The largest absolute Gasteiger partial charge is 0.487 e. The third-order valence-electron chi connectivity index (χ3n) is 5.39. The van der Waals surface area contributed by atoms with E-state index >= 15 is 0 Å². The van der Waals surface area contributed by atoms with Gasteiger partial charge in [0, 0.05) is 36.2 Å². The molecule has 1 aliphatic rings. The molecular weight excluding hydrogens is 431 g/mol. The van der Waals surface area contributed by atoms with Crippen LogP contribution in [0.3, 0.4) is 0 Å². The number of halogens is 1. The van der Waals surface area contributed by atoms with Gasteiger partial charge in [-0.3, -0.25) is 0 Å². The van der Waals surface area contributed by atoms with Crippen LogP contribution in [0.1, 0.15) is 25.0 Å². The van der Waals surface area contributed by atoms with Crippen LogP contribution in [-0.2, 0) is 10.0 Å². The van der Waals surface area contributed by atoms with Gasteiger partial charge in [-0.1, -0.05) is 24.8 Å². The van der Waals surface area contributed by atoms with Crippen LogP contribution in [0.5, 0.6) is 5.75 Å². The third kappa shape index (κ3) is 5.48. The maximum atomic E-state index is 13.4. The molecule has 3 atom stereocenters. The Balaban J connectivity index is 2.08. The van der Waals surface area contributed by atoms with E-state index in [0.717, 1.165) is 0 Å². The standard InChI is InChI=1S/C24H29FN2O4S/c1-17-14-27(18(2)16-28)32(29,30)24-11-10-20(9-8-19-6-5-7-21(25)12-19)13-22(24)31-23(17)15-26(3)4/h5-7,10-13,17-18,23,28H,14-16H2,1-4H3/t17-,18-,23+/m1/s1. The van der Waals surface area contributed by atoms with Crippen LogP contribution in [0.25, 0.3) is 0 Å². The minimum Gasteiger partial charge on any atom is -0.487 e. The monoisotopic (exact) mass is 460 g/mol. The zero-order chi connectivity index (χ0) is 23.5. The molecule has 0 spiro atoms. The van der Waals surface area contributed by atoms with Crippen molar-refractivity contribution in [1.82, 2.24) is 9.21 Å². The molecule has 2 aromatic carbocycles. The first-order valence-corrected chi connectivity index (χ1v) is 11.9. The summed E-state index contributed by atoms with van der Waals surface area (Å²) in [5.74, 6) is 5.60. The van der Waals surface area contributed by atoms with Gasteiger partial charge in [-0.05, 0) is 57.4 Å². The van der Waals surface area contributed by atoms with E-state index in [0.29, 0.717) is 17.7 Å². The zero-order valence-electron chi connectivity index (χ0n) is 18.7. The Morgan fingerprint density at radius 3 is 2.53 bits per heavy atom. The molecule has 0 amide bonds. The Kier molecular flexibility index (Phi) is 7.57. The van der Waals surface area contributed by atoms with Crippen LogP contribution in [0, 0.1) is 23.6 Å². The molecule has 0 unspecified atom stereocenters. The van der Waals surface area contributed by atoms with Crippen molar-refractivity contribution in [3.8, 4) is 17.6 Å². The van der Waals surface area contributed by atoms with Crippen molar-refractivity contribution in [1.29, 1.82) is 0 Å². The van der Waals surface area contributed by atoms with Crippen molar-refractivity contribution in [2.45, 2.75) is 30.9 Å². The quantitative estimate of drug-likeness (QED) is 0.711. The molecule has 6 nitrogen and oxygen atoms in total. The van der Waals surface area contributed by atoms with Gasteiger partial charge >= 0.3 is 0 Å². The lowest BCUT2D eigenvalue weighted by Gasteiger charge is -2.37. The molecule has 2 aromatic rings. The van der Waals surface area contributed by atoms with E-state index in [1.165, 1.54) is 22.5 Å². The second-order valence-electron chi connectivity index (χ2n) is 8.42. The summed E-state index contributed by atoms with van der Waals surface area (Å²) in [6.07, 6.45) is -0.265. The van der Waals surface area contributed by atoms with E-state index < -0.39 is 16.1 Å². The summed E-state index contributed by atoms with van der Waals surface area (Å²) in [4.78, 5) is 2.04. The average molecular weight is 461 g/mol. The Morgan fingerprint density at radius 2 is 1.91 bits per heavy atom. The highest BCUT2D eigenvalue weighted by molar-refractivity contribution is 7.89. The molecular formula is C24H29FN2O4S. The van der Waals surface area contributed by atoms with Crippen molar-refractivity contribution in [3.05, 3.63) is 59.4 Å². The van der Waals surface area contributed by atoms with Crippen LogP contribution in [0.4, 0.5) is 4.39 Å². The summed E-state index contributed by atoms with van der Waals surface area (Å²) >= 11 is 0. The summed E-state index contributed by atoms with van der Waals surface area (Å²) < 4.78 is 47.9. The number of hydrogen-bond donors (Lipinski definition) is 1. The Hall–Kier alpha value is -2.44. The summed E-state index contributed by atoms with van der Waals surface area (Å²) in [5.41, 5.74) is 1.08. The zero-order valence-corrected chi connectivity index (χ0v) is 19.6. The SMILES string of the molecule is C[C@@H]1CN([C@H](C)CO)S(=O)(=O)c2ccc(C#Cc3cccc(F)c3)cc2O[C@H]1CN(C)C. The molecule has 172 valence electrons. The Bertz CT molecular complexity index is 1120. The number of aliphatic hydroxyl groups excluding tert-OH is 1. The number of sulfonamides is 1. The fourth-order valence-electron chi connectivity index (χ4n) is 3.59. The van der Waals surface area contributed by atoms with Gasteiger partial charge in [-0.15, -0.1) is 0 Å². The van der Waals surface area contributed by atoms with Gasteiger partial charge in [0.05, 0.1) is 6.61 Å². The van der Waals surface area contributed by atoms with Crippen molar-refractivity contribution < 1.29 is 22.7 Å². The first-order chi connectivity index (χ1) is 15.1. The molecule has 0 bridgehead atoms. The minimum atomic E-state index is -3.89. The third-order valence-corrected chi connectivity index (χ3v) is 7.41. The van der Waals surface area contributed by atoms with Crippen LogP contribution < -0.4 is 4.74 Å². The van der Waals surface area contributed by atoms with E-state index in [1.54, 1.807) is 31.2 Å². The van der Waals surface area contributed by atoms with Crippen molar-refractivity contribution in [3.63, 3.8) is 0 Å². The molecule has 0 radical (unpaired) electrons. The van der Waals surface area contributed by atoms with Crippen LogP contribution in [-0.4, -0.2) is 68.7 Å². The predicted molar refractivity (Wildman–Crippen MR) is 121 cm³/mol. The molecule has 1 N–H and O–H groups in total. The van der Waals surface area contributed by atoms with Gasteiger partial charge in [0.1, 0.15) is 22.6 Å². The summed E-state index contributed by atoms with van der Waals surface area (Å²) in [7, 11) is -0.0272. The number of rotatable bonds is 4. The van der Waals surface area contributed by atoms with E-state index in [2.05, 4.69) is 11.8 Å². The molecule has 8 heteroatoms. The molecule has 0 fully saturated rings. The highest BCUT2D eigenvalue weighted by Gasteiger charge is 2.37.